The molecule has 1 saturated heterocycles. The highest BCUT2D eigenvalue weighted by Crippen LogP contribution is 2.24. The van der Waals surface area contributed by atoms with Crippen LogP contribution in [0.15, 0.2) is 30.3 Å². The molecule has 2 fully saturated rings. The van der Waals surface area contributed by atoms with Crippen LogP contribution in [-0.2, 0) is 11.3 Å². The summed E-state index contributed by atoms with van der Waals surface area (Å²) in [6.07, 6.45) is 4.61. The number of amides is 1. The van der Waals surface area contributed by atoms with Gasteiger partial charge in [0, 0.05) is 31.6 Å². The molecule has 0 spiro atoms. The molecule has 1 aromatic rings. The third-order valence-electron chi connectivity index (χ3n) is 5.14. The molecule has 0 aromatic heterocycles. The molecule has 1 amide bonds. The molecule has 23 heavy (non-hydrogen) atoms. The van der Waals surface area contributed by atoms with Crippen molar-refractivity contribution in [3.05, 3.63) is 35.9 Å². The second-order valence-electron chi connectivity index (χ2n) is 7.04. The number of piperidine rings is 1. The summed E-state index contributed by atoms with van der Waals surface area (Å²) < 4.78 is 0. The lowest BCUT2D eigenvalue weighted by Crippen LogP contribution is -2.42. The predicted molar refractivity (Wildman–Crippen MR) is 93.1 cm³/mol. The van der Waals surface area contributed by atoms with Crippen LogP contribution < -0.4 is 5.32 Å². The molecule has 0 bridgehead atoms. The minimum atomic E-state index is 0.202. The lowest BCUT2D eigenvalue weighted by molar-refractivity contribution is -0.126. The van der Waals surface area contributed by atoms with Crippen molar-refractivity contribution in [2.45, 2.75) is 38.3 Å². The highest BCUT2D eigenvalue weighted by Gasteiger charge is 2.27. The number of hydrogen-bond donors (Lipinski definition) is 1. The Morgan fingerprint density at radius 3 is 2.52 bits per heavy atom. The van der Waals surface area contributed by atoms with Gasteiger partial charge < -0.3 is 10.2 Å². The van der Waals surface area contributed by atoms with Crippen molar-refractivity contribution in [2.24, 2.45) is 5.92 Å². The van der Waals surface area contributed by atoms with Gasteiger partial charge in [-0.1, -0.05) is 30.3 Å². The van der Waals surface area contributed by atoms with Gasteiger partial charge in [-0.25, -0.2) is 0 Å². The number of likely N-dealkylation sites (tertiary alicyclic amines) is 1. The van der Waals surface area contributed by atoms with Gasteiger partial charge in [0.25, 0.3) is 0 Å². The first-order valence-corrected chi connectivity index (χ1v) is 8.96. The van der Waals surface area contributed by atoms with Crippen molar-refractivity contribution in [3.63, 3.8) is 0 Å². The van der Waals surface area contributed by atoms with Crippen LogP contribution in [0.1, 0.15) is 31.2 Å². The van der Waals surface area contributed by atoms with E-state index in [0.29, 0.717) is 0 Å². The Labute approximate surface area is 139 Å². The summed E-state index contributed by atoms with van der Waals surface area (Å²) in [6.45, 7) is 4.81. The molecule has 4 nitrogen and oxygen atoms in total. The van der Waals surface area contributed by atoms with Crippen LogP contribution in [0, 0.1) is 5.92 Å². The summed E-state index contributed by atoms with van der Waals surface area (Å²) in [6, 6.07) is 11.4. The lowest BCUT2D eigenvalue weighted by atomic mass is 9.95. The van der Waals surface area contributed by atoms with E-state index in [1.165, 1.54) is 18.4 Å². The van der Waals surface area contributed by atoms with Gasteiger partial charge in [0.2, 0.25) is 5.91 Å². The van der Waals surface area contributed by atoms with E-state index in [1.807, 2.05) is 0 Å². The normalized spacial score (nSPS) is 19.9. The molecule has 2 aliphatic rings. The van der Waals surface area contributed by atoms with Gasteiger partial charge in [-0.05, 0) is 51.4 Å². The zero-order valence-electron chi connectivity index (χ0n) is 14.2. The molecule has 1 N–H and O–H groups in total. The number of nitrogens with zero attached hydrogens (tertiary/aromatic N) is 2. The minimum absolute atomic E-state index is 0.202. The van der Waals surface area contributed by atoms with Crippen LogP contribution in [0.3, 0.4) is 0 Å². The molecule has 4 heteroatoms. The van der Waals surface area contributed by atoms with Crippen molar-refractivity contribution in [1.82, 2.24) is 15.1 Å². The third-order valence-corrected chi connectivity index (χ3v) is 5.14. The van der Waals surface area contributed by atoms with E-state index in [2.05, 4.69) is 52.5 Å². The summed E-state index contributed by atoms with van der Waals surface area (Å²) in [4.78, 5) is 17.1. The smallest absolute Gasteiger partial charge is 0.223 e. The number of rotatable bonds is 7. The molecule has 0 unspecified atom stereocenters. The van der Waals surface area contributed by atoms with E-state index in [0.717, 1.165) is 51.6 Å². The molecule has 1 saturated carbocycles. The number of nitrogens with one attached hydrogen (secondary N) is 1. The van der Waals surface area contributed by atoms with Gasteiger partial charge in [0.15, 0.2) is 0 Å². The monoisotopic (exact) mass is 315 g/mol. The summed E-state index contributed by atoms with van der Waals surface area (Å²) in [7, 11) is 2.16. The van der Waals surface area contributed by atoms with E-state index < -0.39 is 0 Å². The fourth-order valence-corrected chi connectivity index (χ4v) is 3.39. The Balaban J connectivity index is 1.34. The van der Waals surface area contributed by atoms with Gasteiger partial charge >= 0.3 is 0 Å². The van der Waals surface area contributed by atoms with Gasteiger partial charge in [-0.15, -0.1) is 0 Å². The summed E-state index contributed by atoms with van der Waals surface area (Å²) in [5.74, 6) is 0.460. The number of hydrogen-bond acceptors (Lipinski definition) is 3. The summed E-state index contributed by atoms with van der Waals surface area (Å²) in [5.41, 5.74) is 1.36. The van der Waals surface area contributed by atoms with Gasteiger partial charge in [-0.3, -0.25) is 9.69 Å². The van der Waals surface area contributed by atoms with E-state index >= 15 is 0 Å². The molecule has 0 radical (unpaired) electrons. The Bertz CT molecular complexity index is 493. The van der Waals surface area contributed by atoms with Crippen molar-refractivity contribution < 1.29 is 4.79 Å². The quantitative estimate of drug-likeness (QED) is 0.837. The van der Waals surface area contributed by atoms with E-state index in [9.17, 15) is 4.79 Å². The maximum atomic E-state index is 12.3. The Morgan fingerprint density at radius 2 is 1.87 bits per heavy atom. The fraction of sp³-hybridized carbons (Fsp3) is 0.632. The Hall–Kier alpha value is -1.39. The van der Waals surface area contributed by atoms with Gasteiger partial charge in [0.05, 0.1) is 0 Å². The molecular formula is C19H29N3O. The van der Waals surface area contributed by atoms with Crippen LogP contribution in [0.4, 0.5) is 0 Å². The fourth-order valence-electron chi connectivity index (χ4n) is 3.39. The zero-order valence-corrected chi connectivity index (χ0v) is 14.2. The molecular weight excluding hydrogens is 286 g/mol. The van der Waals surface area contributed by atoms with E-state index in [4.69, 9.17) is 0 Å². The van der Waals surface area contributed by atoms with Crippen molar-refractivity contribution in [3.8, 4) is 0 Å². The second-order valence-corrected chi connectivity index (χ2v) is 7.04. The molecule has 1 heterocycles. The lowest BCUT2D eigenvalue weighted by Gasteiger charge is -2.31. The number of benzene rings is 1. The predicted octanol–water partition coefficient (Wildman–Crippen LogP) is 2.11. The first-order chi connectivity index (χ1) is 11.2. The third kappa shape index (κ3) is 5.05. The van der Waals surface area contributed by atoms with Crippen molar-refractivity contribution in [1.29, 1.82) is 0 Å². The average molecular weight is 315 g/mol. The number of carbonyl (C=O) groups is 1. The highest BCUT2D eigenvalue weighted by molar-refractivity contribution is 5.78. The summed E-state index contributed by atoms with van der Waals surface area (Å²) >= 11 is 0. The van der Waals surface area contributed by atoms with Gasteiger partial charge in [0.1, 0.15) is 0 Å². The topological polar surface area (TPSA) is 35.6 Å². The standard InChI is InChI=1S/C19H29N3O/c1-21(18-7-8-18)14-11-20-19(23)17-9-12-22(13-10-17)15-16-5-3-2-4-6-16/h2-6,17-18H,7-15H2,1H3,(H,20,23). The first-order valence-electron chi connectivity index (χ1n) is 8.96. The van der Waals surface area contributed by atoms with E-state index in [1.54, 1.807) is 0 Å². The molecule has 1 aliphatic carbocycles. The molecule has 126 valence electrons. The molecule has 3 rings (SSSR count). The highest BCUT2D eigenvalue weighted by atomic mass is 16.1. The zero-order chi connectivity index (χ0) is 16.1. The van der Waals surface area contributed by atoms with Crippen LogP contribution in [0.5, 0.6) is 0 Å². The van der Waals surface area contributed by atoms with Gasteiger partial charge in [-0.2, -0.15) is 0 Å². The molecule has 1 aliphatic heterocycles. The Kier molecular flexibility index (Phi) is 5.68. The van der Waals surface area contributed by atoms with Crippen LogP contribution in [0.2, 0.25) is 0 Å². The minimum Gasteiger partial charge on any atom is -0.355 e. The maximum absolute atomic E-state index is 12.3. The number of likely N-dealkylation sites (N-methyl/N-ethyl adjacent to an activating group) is 1. The number of carbonyl (C=O) groups excluding carboxylic acids is 1. The van der Waals surface area contributed by atoms with Crippen LogP contribution in [-0.4, -0.2) is 55.0 Å². The van der Waals surface area contributed by atoms with E-state index in [-0.39, 0.29) is 11.8 Å². The Morgan fingerprint density at radius 1 is 1.17 bits per heavy atom. The SMILES string of the molecule is CN(CCNC(=O)C1CCN(Cc2ccccc2)CC1)C1CC1. The average Bonchev–Trinajstić information content (AvgIpc) is 3.41. The summed E-state index contributed by atoms with van der Waals surface area (Å²) in [5, 5.41) is 3.13. The van der Waals surface area contributed by atoms with Crippen molar-refractivity contribution >= 4 is 5.91 Å². The second kappa shape index (κ2) is 7.93. The van der Waals surface area contributed by atoms with Crippen LogP contribution in [0.25, 0.3) is 0 Å². The van der Waals surface area contributed by atoms with Crippen LogP contribution >= 0.6 is 0 Å². The first kappa shape index (κ1) is 16.5. The maximum Gasteiger partial charge on any atom is 0.223 e. The largest absolute Gasteiger partial charge is 0.355 e. The molecule has 0 atom stereocenters. The van der Waals surface area contributed by atoms with Crippen molar-refractivity contribution in [2.75, 3.05) is 33.2 Å². The molecule has 1 aromatic carbocycles.